The van der Waals surface area contributed by atoms with Crippen molar-refractivity contribution in [2.75, 3.05) is 6.61 Å². The molecular weight excluding hydrogens is 1100 g/mol. The molecule has 1 aliphatic heterocycles. The molecule has 9 rings (SSSR count). The fourth-order valence-corrected chi connectivity index (χ4v) is 9.91. The van der Waals surface area contributed by atoms with Gasteiger partial charge in [0.25, 0.3) is 0 Å². The van der Waals surface area contributed by atoms with Crippen LogP contribution >= 0.6 is 0 Å². The van der Waals surface area contributed by atoms with E-state index in [-0.39, 0.29) is 36.5 Å². The second-order valence-electron chi connectivity index (χ2n) is 19.9. The lowest BCUT2D eigenvalue weighted by Gasteiger charge is -2.51. The molecule has 11 atom stereocenters. The van der Waals surface area contributed by atoms with E-state index in [4.69, 9.17) is 52.4 Å². The molecule has 440 valence electrons. The van der Waals surface area contributed by atoms with Gasteiger partial charge in [0, 0.05) is 25.6 Å². The molecule has 2 unspecified atom stereocenters. The Hall–Kier alpha value is -8.85. The number of alkyl halides is 3. The lowest BCUT2D eigenvalue weighted by atomic mass is 9.83. The summed E-state index contributed by atoms with van der Waals surface area (Å²) in [6.45, 7) is 1.23. The monoisotopic (exact) mass is 1160 g/mol. The number of benzene rings is 7. The number of ether oxygens (including phenoxy) is 10. The fraction of sp³-hybridized carbons (Fsp3) is 0.273. The van der Waals surface area contributed by atoms with Crippen molar-refractivity contribution in [1.29, 1.82) is 0 Å². The average Bonchev–Trinajstić information content (AvgIpc) is 1.90. The van der Waals surface area contributed by atoms with Crippen LogP contribution in [-0.2, 0) is 83.0 Å². The summed E-state index contributed by atoms with van der Waals surface area (Å²) < 4.78 is 110. The van der Waals surface area contributed by atoms with Crippen molar-refractivity contribution < 1.29 is 84.5 Å². The molecule has 19 heteroatoms. The maximum atomic E-state index is 14.8. The summed E-state index contributed by atoms with van der Waals surface area (Å²) in [5.41, 5.74) is 0.673. The molecule has 1 saturated carbocycles. The second kappa shape index (κ2) is 29.1. The molecule has 85 heavy (non-hydrogen) atoms. The van der Waals surface area contributed by atoms with Crippen LogP contribution in [0.25, 0.3) is 0 Å². The minimum atomic E-state index is -4.90. The number of rotatable bonds is 22. The first kappa shape index (κ1) is 60.7. The highest BCUT2D eigenvalue weighted by Gasteiger charge is 2.60. The number of halogens is 3. The van der Waals surface area contributed by atoms with E-state index in [0.29, 0.717) is 11.1 Å². The Kier molecular flexibility index (Phi) is 20.8. The van der Waals surface area contributed by atoms with Crippen molar-refractivity contribution in [3.8, 4) is 0 Å². The second-order valence-corrected chi connectivity index (χ2v) is 19.9. The molecule has 7 aromatic rings. The maximum Gasteiger partial charge on any atom is 0.417 e. The molecule has 0 N–H and O–H groups in total. The van der Waals surface area contributed by atoms with Crippen molar-refractivity contribution in [3.63, 3.8) is 0 Å². The summed E-state index contributed by atoms with van der Waals surface area (Å²) in [5.74, 6) is -4.58. The predicted molar refractivity (Wildman–Crippen MR) is 301 cm³/mol. The molecule has 0 aromatic heterocycles. The van der Waals surface area contributed by atoms with Crippen molar-refractivity contribution in [2.45, 2.75) is 107 Å². The van der Waals surface area contributed by atoms with Gasteiger partial charge in [-0.3, -0.25) is 14.6 Å². The summed E-state index contributed by atoms with van der Waals surface area (Å²) in [6, 6.07) is 53.1. The summed E-state index contributed by atoms with van der Waals surface area (Å²) in [5, 5.41) is 0. The van der Waals surface area contributed by atoms with Gasteiger partial charge in [0.2, 0.25) is 0 Å². The van der Waals surface area contributed by atoms with E-state index in [2.05, 4.69) is 0 Å². The first-order chi connectivity index (χ1) is 41.2. The van der Waals surface area contributed by atoms with Crippen molar-refractivity contribution in [3.05, 3.63) is 251 Å². The Labute approximate surface area is 488 Å². The van der Waals surface area contributed by atoms with Gasteiger partial charge >= 0.3 is 36.0 Å². The number of hydrogen-bond donors (Lipinski definition) is 0. The minimum absolute atomic E-state index is 0.00715. The van der Waals surface area contributed by atoms with E-state index in [1.807, 2.05) is 42.5 Å². The fourth-order valence-electron chi connectivity index (χ4n) is 9.91. The zero-order chi connectivity index (χ0) is 59.7. The Bertz CT molecular complexity index is 3260. The van der Waals surface area contributed by atoms with E-state index in [1.54, 1.807) is 103 Å². The summed E-state index contributed by atoms with van der Waals surface area (Å²) in [6.07, 6.45) is -20.5. The number of hydrogen-bond acceptors (Lipinski definition) is 16. The number of esters is 5. The van der Waals surface area contributed by atoms with Gasteiger partial charge < -0.3 is 47.4 Å². The minimum Gasteiger partial charge on any atom is -0.459 e. The van der Waals surface area contributed by atoms with Crippen LogP contribution in [0, 0.1) is 0 Å². The highest BCUT2D eigenvalue weighted by molar-refractivity contribution is 5.91. The molecule has 0 radical (unpaired) electrons. The van der Waals surface area contributed by atoms with Crippen LogP contribution in [0.1, 0.15) is 72.7 Å². The normalized spacial score (nSPS) is 23.0. The molecular formula is C66H60F3NO15. The SMILES string of the molecule is CC(=O)O[C@@H]1C(O[C@H]2O[C@H](COC(=O)c3ccccc3)[C@@H](OC(=O)c3ccccc3)[C@H](OC(=O)c3ccccc3)[C@H]2N=Cc2ccccc2C(F)(F)F)[C@@H](OC(C)=O)[C@@H](OCc2ccccc2)C(OCc2ccccc2)[C@H]1OCc1ccccc1. The van der Waals surface area contributed by atoms with Gasteiger partial charge in [0.15, 0.2) is 30.7 Å². The first-order valence-corrected chi connectivity index (χ1v) is 27.3. The lowest BCUT2D eigenvalue weighted by molar-refractivity contribution is -0.327. The highest BCUT2D eigenvalue weighted by Crippen LogP contribution is 2.40. The maximum absolute atomic E-state index is 14.8. The Morgan fingerprint density at radius 3 is 1.25 bits per heavy atom. The van der Waals surface area contributed by atoms with Crippen LogP contribution in [0.15, 0.2) is 211 Å². The smallest absolute Gasteiger partial charge is 0.417 e. The van der Waals surface area contributed by atoms with Gasteiger partial charge in [-0.2, -0.15) is 13.2 Å². The molecule has 0 spiro atoms. The molecule has 0 bridgehead atoms. The molecule has 2 aliphatic rings. The summed E-state index contributed by atoms with van der Waals surface area (Å²) in [7, 11) is 0. The van der Waals surface area contributed by atoms with Crippen LogP contribution in [0.4, 0.5) is 13.2 Å². The van der Waals surface area contributed by atoms with E-state index >= 15 is 0 Å². The summed E-state index contributed by atoms with van der Waals surface area (Å²) >= 11 is 0. The number of carbonyl (C=O) groups is 5. The third-order valence-corrected chi connectivity index (χ3v) is 13.9. The Morgan fingerprint density at radius 2 is 0.824 bits per heavy atom. The third kappa shape index (κ3) is 16.3. The molecule has 1 saturated heterocycles. The van der Waals surface area contributed by atoms with E-state index < -0.39 is 121 Å². The largest absolute Gasteiger partial charge is 0.459 e. The van der Waals surface area contributed by atoms with Crippen LogP contribution in [0.2, 0.25) is 0 Å². The van der Waals surface area contributed by atoms with Crippen LogP contribution in [0.3, 0.4) is 0 Å². The van der Waals surface area contributed by atoms with Gasteiger partial charge in [-0.15, -0.1) is 0 Å². The van der Waals surface area contributed by atoms with Crippen LogP contribution in [-0.4, -0.2) is 110 Å². The average molecular weight is 1160 g/mol. The van der Waals surface area contributed by atoms with Gasteiger partial charge in [-0.1, -0.05) is 164 Å². The Morgan fingerprint density at radius 1 is 0.447 bits per heavy atom. The lowest BCUT2D eigenvalue weighted by Crippen LogP contribution is -2.70. The Balaban J connectivity index is 1.23. The quantitative estimate of drug-likeness (QED) is 0.0354. The van der Waals surface area contributed by atoms with Gasteiger partial charge in [-0.05, 0) is 59.2 Å². The van der Waals surface area contributed by atoms with Crippen LogP contribution < -0.4 is 0 Å². The molecule has 16 nitrogen and oxygen atoms in total. The molecule has 7 aromatic carbocycles. The van der Waals surface area contributed by atoms with Gasteiger partial charge in [-0.25, -0.2) is 14.4 Å². The predicted octanol–water partition coefficient (Wildman–Crippen LogP) is 10.5. The van der Waals surface area contributed by atoms with Crippen molar-refractivity contribution in [2.24, 2.45) is 4.99 Å². The zero-order valence-corrected chi connectivity index (χ0v) is 46.1. The van der Waals surface area contributed by atoms with Crippen LogP contribution in [0.5, 0.6) is 0 Å². The molecule has 1 aliphatic carbocycles. The van der Waals surface area contributed by atoms with E-state index in [0.717, 1.165) is 37.8 Å². The molecule has 0 amide bonds. The first-order valence-electron chi connectivity index (χ1n) is 27.3. The van der Waals surface area contributed by atoms with Crippen molar-refractivity contribution in [1.82, 2.24) is 0 Å². The zero-order valence-electron chi connectivity index (χ0n) is 46.1. The van der Waals surface area contributed by atoms with Crippen molar-refractivity contribution >= 4 is 36.1 Å². The van der Waals surface area contributed by atoms with Gasteiger partial charge in [0.1, 0.15) is 43.2 Å². The standard InChI is InChI=1S/C66H60F3NO15/c1-42(71)80-59-57(77-39-45-25-11-4-12-26-45)56(76-38-44-23-9-3-10-24-44)58(78-40-46-27-13-5-14-28-46)60(81-43(2)72)61(59)85-65-53(70-37-50-35-21-22-36-51(50)66(67,68)69)55(84-64(75)49-33-19-8-20-34-49)54(83-63(74)48-31-17-7-18-32-48)52(82-65)41-79-62(73)47-29-15-6-16-30-47/h3-37,52-61,65H,38-41H2,1-2H3/t52-,53-,54-,55-,56?,57-,58+,59+,60+,61?,65-/m1/s1. The number of nitrogens with zero attached hydrogens (tertiary/aromatic N) is 1. The third-order valence-electron chi connectivity index (χ3n) is 13.9. The van der Waals surface area contributed by atoms with Gasteiger partial charge in [0.05, 0.1) is 42.1 Å². The molecule has 2 fully saturated rings. The molecule has 1 heterocycles. The topological polar surface area (TPSA) is 190 Å². The highest BCUT2D eigenvalue weighted by atomic mass is 19.4. The van der Waals surface area contributed by atoms with E-state index in [1.165, 1.54) is 48.5 Å². The summed E-state index contributed by atoms with van der Waals surface area (Å²) in [4.78, 5) is 74.9. The number of carbonyl (C=O) groups excluding carboxylic acids is 5. The van der Waals surface area contributed by atoms with E-state index in [9.17, 15) is 37.1 Å². The number of aliphatic imine (C=N–C) groups is 1.